The Morgan fingerprint density at radius 2 is 1.76 bits per heavy atom. The number of ether oxygens (including phenoxy) is 1. The van der Waals surface area contributed by atoms with Crippen molar-refractivity contribution in [2.24, 2.45) is 0 Å². The molecule has 3 aromatic rings. The summed E-state index contributed by atoms with van der Waals surface area (Å²) < 4.78 is 12.4. The summed E-state index contributed by atoms with van der Waals surface area (Å²) in [6.45, 7) is 4.22. The van der Waals surface area contributed by atoms with Crippen LogP contribution in [0.1, 0.15) is 16.9 Å². The monoisotopic (exact) mass is 472 g/mol. The van der Waals surface area contributed by atoms with E-state index in [1.54, 1.807) is 0 Å². The number of halogens is 1. The van der Waals surface area contributed by atoms with E-state index in [2.05, 4.69) is 26.6 Å². The van der Waals surface area contributed by atoms with Crippen molar-refractivity contribution in [1.82, 2.24) is 10.6 Å². The number of benzene rings is 2. The van der Waals surface area contributed by atoms with E-state index in [1.165, 1.54) is 0 Å². The Labute approximate surface area is 183 Å². The number of aryl methyl sites for hydroxylation is 2. The molecule has 2 N–H and O–H groups in total. The van der Waals surface area contributed by atoms with Crippen molar-refractivity contribution >= 4 is 39.2 Å². The molecule has 0 saturated carbocycles. The van der Waals surface area contributed by atoms with Crippen molar-refractivity contribution in [2.75, 3.05) is 6.61 Å². The second-order valence-electron chi connectivity index (χ2n) is 6.62. The molecule has 3 rings (SSSR count). The number of thiocarbonyl (C=S) groups is 1. The van der Waals surface area contributed by atoms with Gasteiger partial charge in [-0.05, 0) is 73.6 Å². The number of nitrogens with one attached hydrogen (secondary N) is 2. The Balaban J connectivity index is 1.45. The Bertz CT molecular complexity index is 995. The fourth-order valence-corrected chi connectivity index (χ4v) is 3.23. The van der Waals surface area contributed by atoms with Crippen molar-refractivity contribution in [1.29, 1.82) is 0 Å². The number of carbonyl (C=O) groups excluding carboxylic acids is 1. The predicted octanol–water partition coefficient (Wildman–Crippen LogP) is 4.90. The molecule has 0 unspecified atom stereocenters. The highest BCUT2D eigenvalue weighted by atomic mass is 79.9. The number of furan rings is 1. The lowest BCUT2D eigenvalue weighted by molar-refractivity contribution is -0.121. The van der Waals surface area contributed by atoms with Gasteiger partial charge in [-0.15, -0.1) is 0 Å². The van der Waals surface area contributed by atoms with Gasteiger partial charge in [0.05, 0.1) is 6.54 Å². The van der Waals surface area contributed by atoms with Crippen LogP contribution >= 0.6 is 28.1 Å². The molecule has 1 aromatic heterocycles. The smallest absolute Gasteiger partial charge is 0.264 e. The van der Waals surface area contributed by atoms with Crippen LogP contribution < -0.4 is 15.4 Å². The van der Waals surface area contributed by atoms with Crippen LogP contribution in [0.5, 0.6) is 5.75 Å². The van der Waals surface area contributed by atoms with E-state index in [0.29, 0.717) is 18.1 Å². The Morgan fingerprint density at radius 1 is 1.07 bits per heavy atom. The summed E-state index contributed by atoms with van der Waals surface area (Å²) in [5, 5.41) is 5.79. The molecule has 0 fully saturated rings. The van der Waals surface area contributed by atoms with Crippen molar-refractivity contribution in [2.45, 2.75) is 20.4 Å². The van der Waals surface area contributed by atoms with Crippen molar-refractivity contribution in [3.05, 3.63) is 76.0 Å². The van der Waals surface area contributed by atoms with Crippen molar-refractivity contribution < 1.29 is 13.9 Å². The van der Waals surface area contributed by atoms with Gasteiger partial charge in [0.15, 0.2) is 11.7 Å². The molecule has 0 spiro atoms. The molecule has 0 atom stereocenters. The SMILES string of the molecule is Cc1cc(C)cc(OCC(=O)NC(=S)NCc2ccc(-c3ccc(Br)cc3)o2)c1. The van der Waals surface area contributed by atoms with Crippen LogP contribution in [0.25, 0.3) is 11.3 Å². The van der Waals surface area contributed by atoms with E-state index < -0.39 is 0 Å². The third-order valence-electron chi connectivity index (χ3n) is 4.03. The molecule has 0 radical (unpaired) electrons. The van der Waals surface area contributed by atoms with E-state index in [9.17, 15) is 4.79 Å². The second-order valence-corrected chi connectivity index (χ2v) is 7.94. The van der Waals surface area contributed by atoms with Gasteiger partial charge in [0, 0.05) is 10.0 Å². The first-order valence-corrected chi connectivity index (χ1v) is 10.2. The minimum absolute atomic E-state index is 0.112. The van der Waals surface area contributed by atoms with Gasteiger partial charge < -0.3 is 19.8 Å². The van der Waals surface area contributed by atoms with Crippen LogP contribution in [0.4, 0.5) is 0 Å². The highest BCUT2D eigenvalue weighted by Gasteiger charge is 2.08. The molecule has 0 bridgehead atoms. The molecule has 5 nitrogen and oxygen atoms in total. The standard InChI is InChI=1S/C22H21BrN2O3S/c1-14-9-15(2)11-19(10-14)27-13-21(26)25-22(29)24-12-18-7-8-20(28-18)16-3-5-17(23)6-4-16/h3-11H,12-13H2,1-2H3,(H2,24,25,26,29). The Morgan fingerprint density at radius 3 is 2.45 bits per heavy atom. The minimum atomic E-state index is -0.323. The van der Waals surface area contributed by atoms with E-state index in [1.807, 2.05) is 68.4 Å². The van der Waals surface area contributed by atoms with Gasteiger partial charge in [0.25, 0.3) is 5.91 Å². The first kappa shape index (κ1) is 21.1. The molecule has 0 aliphatic rings. The third-order valence-corrected chi connectivity index (χ3v) is 4.81. The van der Waals surface area contributed by atoms with Crippen molar-refractivity contribution in [3.8, 4) is 17.1 Å². The molecule has 2 aromatic carbocycles. The fourth-order valence-electron chi connectivity index (χ4n) is 2.78. The zero-order chi connectivity index (χ0) is 20.8. The average molecular weight is 473 g/mol. The molecule has 7 heteroatoms. The van der Waals surface area contributed by atoms with Gasteiger partial charge in [-0.3, -0.25) is 4.79 Å². The zero-order valence-corrected chi connectivity index (χ0v) is 18.5. The lowest BCUT2D eigenvalue weighted by atomic mass is 10.1. The molecule has 29 heavy (non-hydrogen) atoms. The number of carbonyl (C=O) groups is 1. The van der Waals surface area contributed by atoms with Gasteiger partial charge >= 0.3 is 0 Å². The topological polar surface area (TPSA) is 63.5 Å². The summed E-state index contributed by atoms with van der Waals surface area (Å²) in [7, 11) is 0. The average Bonchev–Trinajstić information content (AvgIpc) is 3.14. The first-order valence-electron chi connectivity index (χ1n) is 9.02. The fraction of sp³-hybridized carbons (Fsp3) is 0.182. The first-order chi connectivity index (χ1) is 13.9. The van der Waals surface area contributed by atoms with Crippen LogP contribution in [0.2, 0.25) is 0 Å². The van der Waals surface area contributed by atoms with E-state index in [0.717, 1.165) is 26.9 Å². The molecule has 0 aliphatic carbocycles. The normalized spacial score (nSPS) is 10.4. The van der Waals surface area contributed by atoms with Crippen LogP contribution in [-0.2, 0) is 11.3 Å². The maximum atomic E-state index is 12.0. The van der Waals surface area contributed by atoms with Crippen LogP contribution in [0, 0.1) is 13.8 Å². The van der Waals surface area contributed by atoms with Crippen LogP contribution in [-0.4, -0.2) is 17.6 Å². The van der Waals surface area contributed by atoms with E-state index in [-0.39, 0.29) is 17.6 Å². The maximum absolute atomic E-state index is 12.0. The number of rotatable bonds is 6. The quantitative estimate of drug-likeness (QED) is 0.499. The Hall–Kier alpha value is -2.64. The number of amides is 1. The number of hydrogen-bond donors (Lipinski definition) is 2. The summed E-state index contributed by atoms with van der Waals surface area (Å²) in [6.07, 6.45) is 0. The second kappa shape index (κ2) is 9.71. The molecule has 0 saturated heterocycles. The summed E-state index contributed by atoms with van der Waals surface area (Å²) in [5.41, 5.74) is 3.15. The summed E-state index contributed by atoms with van der Waals surface area (Å²) in [6, 6.07) is 17.5. The van der Waals surface area contributed by atoms with Crippen molar-refractivity contribution in [3.63, 3.8) is 0 Å². The molecule has 1 heterocycles. The lowest BCUT2D eigenvalue weighted by Gasteiger charge is -2.10. The predicted molar refractivity (Wildman–Crippen MR) is 121 cm³/mol. The number of hydrogen-bond acceptors (Lipinski definition) is 4. The summed E-state index contributed by atoms with van der Waals surface area (Å²) >= 11 is 8.59. The third kappa shape index (κ3) is 6.44. The molecule has 150 valence electrons. The Kier molecular flexibility index (Phi) is 7.06. The van der Waals surface area contributed by atoms with Gasteiger partial charge in [0.1, 0.15) is 17.3 Å². The van der Waals surface area contributed by atoms with Gasteiger partial charge in [0.2, 0.25) is 0 Å². The highest BCUT2D eigenvalue weighted by molar-refractivity contribution is 9.10. The zero-order valence-electron chi connectivity index (χ0n) is 16.1. The molecule has 0 aliphatic heterocycles. The summed E-state index contributed by atoms with van der Waals surface area (Å²) in [5.74, 6) is 1.82. The van der Waals surface area contributed by atoms with Crippen LogP contribution in [0.3, 0.4) is 0 Å². The van der Waals surface area contributed by atoms with Gasteiger partial charge in [-0.2, -0.15) is 0 Å². The van der Waals surface area contributed by atoms with Gasteiger partial charge in [-0.25, -0.2) is 0 Å². The van der Waals surface area contributed by atoms with Crippen LogP contribution in [0.15, 0.2) is 63.5 Å². The summed E-state index contributed by atoms with van der Waals surface area (Å²) in [4.78, 5) is 12.0. The van der Waals surface area contributed by atoms with Gasteiger partial charge in [-0.1, -0.05) is 34.1 Å². The largest absolute Gasteiger partial charge is 0.484 e. The van der Waals surface area contributed by atoms with E-state index >= 15 is 0 Å². The van der Waals surface area contributed by atoms with E-state index in [4.69, 9.17) is 21.4 Å². The molecule has 1 amide bonds. The lowest BCUT2D eigenvalue weighted by Crippen LogP contribution is -2.41. The maximum Gasteiger partial charge on any atom is 0.264 e. The molecular formula is C22H21BrN2O3S. The highest BCUT2D eigenvalue weighted by Crippen LogP contribution is 2.24. The molecular weight excluding hydrogens is 452 g/mol. The minimum Gasteiger partial charge on any atom is -0.484 e.